The molecule has 3 rings (SSSR count). The quantitative estimate of drug-likeness (QED) is 0.497. The van der Waals surface area contributed by atoms with Gasteiger partial charge in [-0.25, -0.2) is 8.42 Å². The number of nitrogens with one attached hydrogen (secondary N) is 1. The zero-order valence-corrected chi connectivity index (χ0v) is 19.0. The van der Waals surface area contributed by atoms with E-state index < -0.39 is 14.9 Å². The number of nitro benzene ring substituents is 1. The van der Waals surface area contributed by atoms with Gasteiger partial charge in [0.05, 0.1) is 9.82 Å². The number of anilines is 1. The van der Waals surface area contributed by atoms with Crippen LogP contribution >= 0.6 is 15.9 Å². The Kier molecular flexibility index (Phi) is 6.59. The van der Waals surface area contributed by atoms with Crippen molar-refractivity contribution in [3.05, 3.63) is 62.1 Å². The number of carbonyl (C=O) groups is 1. The van der Waals surface area contributed by atoms with E-state index in [4.69, 9.17) is 0 Å². The van der Waals surface area contributed by atoms with Gasteiger partial charge in [-0.3, -0.25) is 14.9 Å². The molecule has 1 heterocycles. The fourth-order valence-electron chi connectivity index (χ4n) is 3.44. The number of sulfonamides is 1. The molecule has 0 atom stereocenters. The van der Waals surface area contributed by atoms with E-state index in [1.165, 1.54) is 16.4 Å². The summed E-state index contributed by atoms with van der Waals surface area (Å²) in [5.74, 6) is -0.438. The van der Waals surface area contributed by atoms with E-state index in [0.717, 1.165) is 16.1 Å². The lowest BCUT2D eigenvalue weighted by Crippen LogP contribution is -2.41. The summed E-state index contributed by atoms with van der Waals surface area (Å²) in [5.41, 5.74) is 1.88. The number of hydrogen-bond donors (Lipinski definition) is 1. The number of amides is 1. The topological polar surface area (TPSA) is 110 Å². The number of piperidine rings is 1. The Morgan fingerprint density at radius 1 is 1.13 bits per heavy atom. The summed E-state index contributed by atoms with van der Waals surface area (Å²) in [5, 5.41) is 13.9. The lowest BCUT2D eigenvalue weighted by atomic mass is 9.97. The molecule has 1 amide bonds. The number of nitro groups is 1. The molecular formula is C20H22BrN3O5S. The largest absolute Gasteiger partial charge is 0.326 e. The Labute approximate surface area is 183 Å². The van der Waals surface area contributed by atoms with Gasteiger partial charge in [0.25, 0.3) is 5.69 Å². The van der Waals surface area contributed by atoms with Crippen LogP contribution in [-0.2, 0) is 14.8 Å². The summed E-state index contributed by atoms with van der Waals surface area (Å²) >= 11 is 3.42. The summed E-state index contributed by atoms with van der Waals surface area (Å²) in [7, 11) is -3.88. The lowest BCUT2D eigenvalue weighted by molar-refractivity contribution is -0.385. The van der Waals surface area contributed by atoms with Crippen LogP contribution in [-0.4, -0.2) is 36.6 Å². The summed E-state index contributed by atoms with van der Waals surface area (Å²) < 4.78 is 28.3. The first-order chi connectivity index (χ1) is 14.1. The number of nitrogens with zero attached hydrogens (tertiary/aromatic N) is 2. The van der Waals surface area contributed by atoms with Crippen LogP contribution in [0.3, 0.4) is 0 Å². The van der Waals surface area contributed by atoms with Crippen molar-refractivity contribution < 1.29 is 18.1 Å². The summed E-state index contributed by atoms with van der Waals surface area (Å²) in [4.78, 5) is 22.9. The Morgan fingerprint density at radius 2 is 1.80 bits per heavy atom. The van der Waals surface area contributed by atoms with Gasteiger partial charge in [-0.05, 0) is 56.0 Å². The third kappa shape index (κ3) is 4.71. The van der Waals surface area contributed by atoms with Crippen molar-refractivity contribution in [2.75, 3.05) is 18.4 Å². The zero-order valence-electron chi connectivity index (χ0n) is 16.6. The van der Waals surface area contributed by atoms with Crippen molar-refractivity contribution in [1.82, 2.24) is 4.31 Å². The number of rotatable bonds is 5. The smallest absolute Gasteiger partial charge is 0.270 e. The van der Waals surface area contributed by atoms with Crippen molar-refractivity contribution in [3.63, 3.8) is 0 Å². The summed E-state index contributed by atoms with van der Waals surface area (Å²) in [6.45, 7) is 3.90. The highest BCUT2D eigenvalue weighted by Crippen LogP contribution is 2.29. The van der Waals surface area contributed by atoms with Crippen molar-refractivity contribution in [2.24, 2.45) is 5.92 Å². The maximum Gasteiger partial charge on any atom is 0.270 e. The van der Waals surface area contributed by atoms with E-state index >= 15 is 0 Å². The van der Waals surface area contributed by atoms with E-state index in [2.05, 4.69) is 21.2 Å². The van der Waals surface area contributed by atoms with Crippen LogP contribution in [0.4, 0.5) is 11.4 Å². The molecule has 1 aliphatic heterocycles. The molecule has 2 aromatic carbocycles. The molecule has 1 saturated heterocycles. The van der Waals surface area contributed by atoms with E-state index in [1.807, 2.05) is 19.1 Å². The number of benzene rings is 2. The average Bonchev–Trinajstić information content (AvgIpc) is 2.70. The number of aryl methyl sites for hydroxylation is 2. The number of halogens is 1. The van der Waals surface area contributed by atoms with Crippen molar-refractivity contribution in [1.29, 1.82) is 0 Å². The predicted molar refractivity (Wildman–Crippen MR) is 117 cm³/mol. The van der Waals surface area contributed by atoms with Crippen LogP contribution in [0.1, 0.15) is 24.0 Å². The van der Waals surface area contributed by atoms with Gasteiger partial charge in [-0.15, -0.1) is 0 Å². The predicted octanol–water partition coefficient (Wildman–Crippen LogP) is 4.01. The normalized spacial score (nSPS) is 15.7. The molecule has 0 radical (unpaired) electrons. The fourth-order valence-corrected chi connectivity index (χ4v) is 5.41. The van der Waals surface area contributed by atoms with E-state index in [-0.39, 0.29) is 35.5 Å². The molecular weight excluding hydrogens is 474 g/mol. The second-order valence-electron chi connectivity index (χ2n) is 7.34. The first-order valence-corrected chi connectivity index (χ1v) is 11.6. The van der Waals surface area contributed by atoms with Gasteiger partial charge in [0.2, 0.25) is 15.9 Å². The summed E-state index contributed by atoms with van der Waals surface area (Å²) in [6, 6.07) is 9.35. The van der Waals surface area contributed by atoms with Gasteiger partial charge in [-0.2, -0.15) is 4.31 Å². The second kappa shape index (κ2) is 8.83. The minimum absolute atomic E-state index is 0.0649. The third-order valence-corrected chi connectivity index (χ3v) is 8.18. The molecule has 2 aromatic rings. The summed E-state index contributed by atoms with van der Waals surface area (Å²) in [6.07, 6.45) is 0.767. The molecule has 0 unspecified atom stereocenters. The highest BCUT2D eigenvalue weighted by atomic mass is 79.9. The van der Waals surface area contributed by atoms with Gasteiger partial charge >= 0.3 is 0 Å². The van der Waals surface area contributed by atoms with E-state index in [9.17, 15) is 23.3 Å². The lowest BCUT2D eigenvalue weighted by Gasteiger charge is -2.31. The average molecular weight is 496 g/mol. The fraction of sp³-hybridized carbons (Fsp3) is 0.350. The van der Waals surface area contributed by atoms with Gasteiger partial charge in [0.1, 0.15) is 0 Å². The Bertz CT molecular complexity index is 1100. The Morgan fingerprint density at radius 3 is 2.40 bits per heavy atom. The van der Waals surface area contributed by atoms with Gasteiger partial charge in [0, 0.05) is 41.3 Å². The van der Waals surface area contributed by atoms with Crippen LogP contribution < -0.4 is 5.32 Å². The molecule has 0 aliphatic carbocycles. The molecule has 30 heavy (non-hydrogen) atoms. The molecule has 10 heteroatoms. The first kappa shape index (κ1) is 22.4. The Balaban J connectivity index is 1.68. The van der Waals surface area contributed by atoms with Gasteiger partial charge < -0.3 is 5.32 Å². The monoisotopic (exact) mass is 495 g/mol. The number of hydrogen-bond acceptors (Lipinski definition) is 5. The standard InChI is InChI=1S/C20H22BrN3O5S/c1-13-3-5-17(24(26)27)12-19(13)30(28,29)23-9-7-15(8-10-23)20(25)22-16-4-6-18(21)14(2)11-16/h3-6,11-12,15H,7-10H2,1-2H3,(H,22,25). The van der Waals surface area contributed by atoms with E-state index in [1.54, 1.807) is 13.0 Å². The van der Waals surface area contributed by atoms with Crippen LogP contribution in [0, 0.1) is 29.9 Å². The molecule has 0 saturated carbocycles. The Hall–Kier alpha value is -2.30. The molecule has 1 aliphatic rings. The molecule has 0 spiro atoms. The molecule has 1 N–H and O–H groups in total. The maximum absolute atomic E-state index is 13.0. The molecule has 8 nitrogen and oxygen atoms in total. The minimum Gasteiger partial charge on any atom is -0.326 e. The molecule has 160 valence electrons. The highest BCUT2D eigenvalue weighted by molar-refractivity contribution is 9.10. The van der Waals surface area contributed by atoms with Crippen LogP contribution in [0.5, 0.6) is 0 Å². The third-order valence-electron chi connectivity index (χ3n) is 5.25. The number of non-ortho nitro benzene ring substituents is 1. The van der Waals surface area contributed by atoms with Gasteiger partial charge in [0.15, 0.2) is 0 Å². The SMILES string of the molecule is Cc1cc(NC(=O)C2CCN(S(=O)(=O)c3cc([N+](=O)[O-])ccc3C)CC2)ccc1Br. The molecule has 1 fully saturated rings. The highest BCUT2D eigenvalue weighted by Gasteiger charge is 2.33. The number of carbonyl (C=O) groups excluding carboxylic acids is 1. The second-order valence-corrected chi connectivity index (χ2v) is 10.1. The van der Waals surface area contributed by atoms with Crippen molar-refractivity contribution >= 4 is 43.2 Å². The van der Waals surface area contributed by atoms with Crippen LogP contribution in [0.25, 0.3) is 0 Å². The first-order valence-electron chi connectivity index (χ1n) is 9.42. The van der Waals surface area contributed by atoms with Crippen molar-refractivity contribution in [2.45, 2.75) is 31.6 Å². The molecule has 0 bridgehead atoms. The minimum atomic E-state index is -3.88. The van der Waals surface area contributed by atoms with E-state index in [0.29, 0.717) is 24.1 Å². The van der Waals surface area contributed by atoms with Crippen LogP contribution in [0.15, 0.2) is 45.8 Å². The maximum atomic E-state index is 13.0. The van der Waals surface area contributed by atoms with Gasteiger partial charge in [-0.1, -0.05) is 22.0 Å². The van der Waals surface area contributed by atoms with Crippen LogP contribution in [0.2, 0.25) is 0 Å². The molecule has 0 aromatic heterocycles. The zero-order chi connectivity index (χ0) is 22.1. The van der Waals surface area contributed by atoms with Crippen molar-refractivity contribution in [3.8, 4) is 0 Å².